The topological polar surface area (TPSA) is 15.3 Å². The highest BCUT2D eigenvalue weighted by Gasteiger charge is 2.40. The lowest BCUT2D eigenvalue weighted by atomic mass is 9.84. The lowest BCUT2D eigenvalue weighted by Crippen LogP contribution is -2.47. The Morgan fingerprint density at radius 3 is 2.25 bits per heavy atom. The summed E-state index contributed by atoms with van der Waals surface area (Å²) in [5.74, 6) is 0. The van der Waals surface area contributed by atoms with Crippen LogP contribution in [0, 0.1) is 5.41 Å². The van der Waals surface area contributed by atoms with Crippen molar-refractivity contribution >= 4 is 0 Å². The van der Waals surface area contributed by atoms with Gasteiger partial charge in [0.15, 0.2) is 0 Å². The maximum Gasteiger partial charge on any atom is 0.0153 e. The highest BCUT2D eigenvalue weighted by atomic mass is 15.2. The van der Waals surface area contributed by atoms with Crippen molar-refractivity contribution in [3.63, 3.8) is 0 Å². The van der Waals surface area contributed by atoms with Crippen molar-refractivity contribution in [2.45, 2.75) is 57.9 Å². The third kappa shape index (κ3) is 2.43. The molecule has 1 saturated heterocycles. The van der Waals surface area contributed by atoms with Crippen LogP contribution in [-0.4, -0.2) is 37.1 Å². The number of rotatable bonds is 4. The maximum atomic E-state index is 3.43. The molecule has 2 rings (SSSR count). The van der Waals surface area contributed by atoms with Crippen molar-refractivity contribution in [1.82, 2.24) is 10.2 Å². The van der Waals surface area contributed by atoms with Gasteiger partial charge in [-0.15, -0.1) is 0 Å². The predicted molar refractivity (Wildman–Crippen MR) is 69.7 cm³/mol. The Bertz CT molecular complexity index is 229. The van der Waals surface area contributed by atoms with Gasteiger partial charge in [0.25, 0.3) is 0 Å². The summed E-state index contributed by atoms with van der Waals surface area (Å²) in [7, 11) is 2.11. The first-order valence-electron chi connectivity index (χ1n) is 6.98. The van der Waals surface area contributed by atoms with E-state index in [2.05, 4.69) is 31.1 Å². The molecule has 1 heterocycles. The second kappa shape index (κ2) is 4.66. The van der Waals surface area contributed by atoms with E-state index in [9.17, 15) is 0 Å². The van der Waals surface area contributed by atoms with Crippen molar-refractivity contribution in [1.29, 1.82) is 0 Å². The van der Waals surface area contributed by atoms with E-state index in [1.807, 2.05) is 0 Å². The van der Waals surface area contributed by atoms with Crippen LogP contribution in [0.3, 0.4) is 0 Å². The summed E-state index contributed by atoms with van der Waals surface area (Å²) in [5.41, 5.74) is 1.03. The number of hydrogen-bond acceptors (Lipinski definition) is 2. The van der Waals surface area contributed by atoms with Gasteiger partial charge < -0.3 is 5.32 Å². The van der Waals surface area contributed by atoms with E-state index in [1.54, 1.807) is 0 Å². The van der Waals surface area contributed by atoms with Crippen LogP contribution in [0.1, 0.15) is 52.4 Å². The Morgan fingerprint density at radius 1 is 1.06 bits per heavy atom. The molecule has 2 heteroatoms. The third-order valence-corrected chi connectivity index (χ3v) is 4.81. The Labute approximate surface area is 101 Å². The molecular weight excluding hydrogens is 196 g/mol. The van der Waals surface area contributed by atoms with Crippen LogP contribution in [-0.2, 0) is 0 Å². The number of nitrogens with one attached hydrogen (secondary N) is 1. The second-order valence-electron chi connectivity index (χ2n) is 6.57. The van der Waals surface area contributed by atoms with E-state index in [4.69, 9.17) is 0 Å². The lowest BCUT2D eigenvalue weighted by Gasteiger charge is -2.40. The van der Waals surface area contributed by atoms with Gasteiger partial charge in [-0.05, 0) is 58.5 Å². The molecule has 0 unspecified atom stereocenters. The minimum atomic E-state index is 0.448. The molecule has 1 aliphatic carbocycles. The molecule has 0 atom stereocenters. The first kappa shape index (κ1) is 12.4. The van der Waals surface area contributed by atoms with Crippen molar-refractivity contribution in [2.75, 3.05) is 26.7 Å². The maximum absolute atomic E-state index is 3.43. The molecule has 0 amide bonds. The molecule has 94 valence electrons. The molecule has 0 aromatic carbocycles. The monoisotopic (exact) mass is 224 g/mol. The van der Waals surface area contributed by atoms with Gasteiger partial charge >= 0.3 is 0 Å². The van der Waals surface area contributed by atoms with Crippen LogP contribution in [0.2, 0.25) is 0 Å². The summed E-state index contributed by atoms with van der Waals surface area (Å²) in [4.78, 5) is 2.75. The lowest BCUT2D eigenvalue weighted by molar-refractivity contribution is 0.0971. The SMILES string of the molecule is CNCC1(CN2CCCC2(C)C)CCCC1. The van der Waals surface area contributed by atoms with Crippen molar-refractivity contribution in [2.24, 2.45) is 5.41 Å². The fourth-order valence-electron chi connectivity index (χ4n) is 3.75. The molecule has 1 aliphatic heterocycles. The van der Waals surface area contributed by atoms with Gasteiger partial charge in [-0.25, -0.2) is 0 Å². The van der Waals surface area contributed by atoms with Crippen LogP contribution < -0.4 is 5.32 Å². The zero-order chi connectivity index (χ0) is 11.6. The molecule has 0 bridgehead atoms. The van der Waals surface area contributed by atoms with Crippen LogP contribution in [0.5, 0.6) is 0 Å². The Balaban J connectivity index is 2.00. The summed E-state index contributed by atoms with van der Waals surface area (Å²) in [6, 6.07) is 0. The molecule has 0 radical (unpaired) electrons. The zero-order valence-electron chi connectivity index (χ0n) is 11.3. The van der Waals surface area contributed by atoms with E-state index >= 15 is 0 Å². The highest BCUT2D eigenvalue weighted by Crippen LogP contribution is 2.41. The summed E-state index contributed by atoms with van der Waals surface area (Å²) < 4.78 is 0. The summed E-state index contributed by atoms with van der Waals surface area (Å²) >= 11 is 0. The second-order valence-corrected chi connectivity index (χ2v) is 6.57. The average molecular weight is 224 g/mol. The minimum Gasteiger partial charge on any atom is -0.319 e. The fourth-order valence-corrected chi connectivity index (χ4v) is 3.75. The Kier molecular flexibility index (Phi) is 3.60. The fraction of sp³-hybridized carbons (Fsp3) is 1.00. The number of hydrogen-bond donors (Lipinski definition) is 1. The van der Waals surface area contributed by atoms with Crippen molar-refractivity contribution in [3.05, 3.63) is 0 Å². The number of likely N-dealkylation sites (tertiary alicyclic amines) is 1. The molecule has 16 heavy (non-hydrogen) atoms. The van der Waals surface area contributed by atoms with Gasteiger partial charge in [0.2, 0.25) is 0 Å². The molecule has 0 aromatic rings. The largest absolute Gasteiger partial charge is 0.319 e. The van der Waals surface area contributed by atoms with Crippen molar-refractivity contribution in [3.8, 4) is 0 Å². The van der Waals surface area contributed by atoms with E-state index in [1.165, 1.54) is 58.2 Å². The van der Waals surface area contributed by atoms with Gasteiger partial charge in [-0.2, -0.15) is 0 Å². The van der Waals surface area contributed by atoms with E-state index in [0.29, 0.717) is 11.0 Å². The highest BCUT2D eigenvalue weighted by molar-refractivity contribution is 4.95. The smallest absolute Gasteiger partial charge is 0.0153 e. The van der Waals surface area contributed by atoms with E-state index < -0.39 is 0 Å². The van der Waals surface area contributed by atoms with E-state index in [-0.39, 0.29) is 0 Å². The van der Waals surface area contributed by atoms with Crippen LogP contribution in [0.25, 0.3) is 0 Å². The van der Waals surface area contributed by atoms with E-state index in [0.717, 1.165) is 0 Å². The molecule has 2 nitrogen and oxygen atoms in total. The molecule has 2 fully saturated rings. The van der Waals surface area contributed by atoms with Gasteiger partial charge in [0, 0.05) is 18.6 Å². The molecule has 2 aliphatic rings. The molecule has 0 spiro atoms. The van der Waals surface area contributed by atoms with Gasteiger partial charge in [0.05, 0.1) is 0 Å². The Morgan fingerprint density at radius 2 is 1.75 bits per heavy atom. The molecule has 1 N–H and O–H groups in total. The van der Waals surface area contributed by atoms with Gasteiger partial charge in [-0.1, -0.05) is 12.8 Å². The predicted octanol–water partition coefficient (Wildman–Crippen LogP) is 2.64. The van der Waals surface area contributed by atoms with Gasteiger partial charge in [0.1, 0.15) is 0 Å². The van der Waals surface area contributed by atoms with Gasteiger partial charge in [-0.3, -0.25) is 4.90 Å². The third-order valence-electron chi connectivity index (χ3n) is 4.81. The molecular formula is C14H28N2. The summed E-state index contributed by atoms with van der Waals surface area (Å²) in [5, 5.41) is 3.43. The first-order valence-corrected chi connectivity index (χ1v) is 6.98. The quantitative estimate of drug-likeness (QED) is 0.790. The normalized spacial score (nSPS) is 28.7. The average Bonchev–Trinajstić information content (AvgIpc) is 2.77. The summed E-state index contributed by atoms with van der Waals surface area (Å²) in [6.45, 7) is 8.68. The molecule has 0 aromatic heterocycles. The Hall–Kier alpha value is -0.0800. The number of nitrogens with zero attached hydrogens (tertiary/aromatic N) is 1. The van der Waals surface area contributed by atoms with Crippen LogP contribution in [0.15, 0.2) is 0 Å². The van der Waals surface area contributed by atoms with Crippen molar-refractivity contribution < 1.29 is 0 Å². The zero-order valence-corrected chi connectivity index (χ0v) is 11.3. The van der Waals surface area contributed by atoms with Crippen LogP contribution >= 0.6 is 0 Å². The van der Waals surface area contributed by atoms with Crippen LogP contribution in [0.4, 0.5) is 0 Å². The minimum absolute atomic E-state index is 0.448. The summed E-state index contributed by atoms with van der Waals surface area (Å²) in [6.07, 6.45) is 8.51. The molecule has 1 saturated carbocycles. The first-order chi connectivity index (χ1) is 7.58. The standard InChI is InChI=1S/C14H28N2/c1-13(2)7-6-10-16(13)12-14(11-15-3)8-4-5-9-14/h15H,4-12H2,1-3H3.